The molecule has 0 aliphatic carbocycles. The lowest BCUT2D eigenvalue weighted by molar-refractivity contribution is -0.124. The van der Waals surface area contributed by atoms with Gasteiger partial charge in [-0.2, -0.15) is 21.0 Å². The Kier molecular flexibility index (Phi) is 9.07. The molecule has 0 saturated heterocycles. The molecule has 0 unspecified atom stereocenters. The van der Waals surface area contributed by atoms with Crippen LogP contribution in [-0.4, -0.2) is 17.7 Å². The van der Waals surface area contributed by atoms with Gasteiger partial charge in [0.15, 0.2) is 0 Å². The fourth-order valence-corrected chi connectivity index (χ4v) is 4.77. The fraction of sp³-hybridized carbons (Fsp3) is 0.107. The maximum Gasteiger partial charge on any atom is 0.230 e. The average Bonchev–Trinajstić information content (AvgIpc) is 2.90. The number of thioether (sulfide) groups is 1. The van der Waals surface area contributed by atoms with Gasteiger partial charge in [0, 0.05) is 59.0 Å². The largest absolute Gasteiger partial charge is 0.325 e. The fourth-order valence-electron chi connectivity index (χ4n) is 4.02. The van der Waals surface area contributed by atoms with Crippen molar-refractivity contribution in [2.45, 2.75) is 25.7 Å². The van der Waals surface area contributed by atoms with E-state index in [9.17, 15) is 30.2 Å². The van der Waals surface area contributed by atoms with Crippen LogP contribution in [0.3, 0.4) is 0 Å². The van der Waals surface area contributed by atoms with E-state index in [0.717, 1.165) is 32.9 Å². The molecule has 201 valence electrons. The average molecular weight is 588 g/mol. The summed E-state index contributed by atoms with van der Waals surface area (Å²) in [5, 5.41) is 42.1. The second-order valence-electron chi connectivity index (χ2n) is 8.20. The summed E-state index contributed by atoms with van der Waals surface area (Å²) < 4.78 is 31.2. The number of nitrogens with one attached hydrogen (secondary N) is 1. The maximum absolute atomic E-state index is 15.9. The zero-order chi connectivity index (χ0) is 30.6. The van der Waals surface area contributed by atoms with Crippen LogP contribution in [0.25, 0.3) is 22.3 Å². The molecule has 0 atom stereocenters. The minimum Gasteiger partial charge on any atom is -0.325 e. The van der Waals surface area contributed by atoms with E-state index in [0.29, 0.717) is 16.7 Å². The molecule has 0 heterocycles. The maximum atomic E-state index is 15.9. The van der Waals surface area contributed by atoms with Crippen LogP contribution >= 0.6 is 23.4 Å². The lowest BCUT2D eigenvalue weighted by atomic mass is 9.90. The van der Waals surface area contributed by atoms with Crippen LogP contribution in [0.5, 0.6) is 0 Å². The molecule has 0 spiro atoms. The van der Waals surface area contributed by atoms with Crippen molar-refractivity contribution in [1.82, 2.24) is 0 Å². The Morgan fingerprint density at radius 1 is 0.927 bits per heavy atom. The van der Waals surface area contributed by atoms with Crippen molar-refractivity contribution in [3.05, 3.63) is 63.7 Å². The summed E-state index contributed by atoms with van der Waals surface area (Å²) in [6, 6.07) is 11.7. The SMILES string of the molecule is CC(=O)Nc1cc(-c2c(F)[c]c(-c3cc(SC#N)c(C#N)cc3Cl)c(N(C(C)=O)C(C)=O)c2C#N)c(F)cc1C#N. The second kappa shape index (κ2) is 12.3. The summed E-state index contributed by atoms with van der Waals surface area (Å²) in [6.07, 6.45) is 0. The molecule has 0 saturated carbocycles. The van der Waals surface area contributed by atoms with Gasteiger partial charge in [-0.25, -0.2) is 13.7 Å². The quantitative estimate of drug-likeness (QED) is 0.289. The van der Waals surface area contributed by atoms with Crippen LogP contribution in [-0.2, 0) is 14.4 Å². The minimum atomic E-state index is -1.31. The number of nitrogens with zero attached hydrogens (tertiary/aromatic N) is 5. The number of imide groups is 1. The van der Waals surface area contributed by atoms with Gasteiger partial charge < -0.3 is 5.32 Å². The summed E-state index contributed by atoms with van der Waals surface area (Å²) >= 11 is 6.99. The predicted octanol–water partition coefficient (Wildman–Crippen LogP) is 5.80. The molecule has 1 N–H and O–H groups in total. The van der Waals surface area contributed by atoms with Gasteiger partial charge in [0.1, 0.15) is 35.2 Å². The second-order valence-corrected chi connectivity index (χ2v) is 9.44. The van der Waals surface area contributed by atoms with Crippen molar-refractivity contribution in [2.24, 2.45) is 0 Å². The van der Waals surface area contributed by atoms with Crippen molar-refractivity contribution in [2.75, 3.05) is 10.2 Å². The first-order valence-electron chi connectivity index (χ1n) is 11.2. The Labute approximate surface area is 241 Å². The van der Waals surface area contributed by atoms with E-state index < -0.39 is 51.7 Å². The highest BCUT2D eigenvalue weighted by Crippen LogP contribution is 2.45. The van der Waals surface area contributed by atoms with Crippen molar-refractivity contribution in [3.8, 4) is 45.9 Å². The Hall–Kier alpha value is -5.27. The molecule has 9 nitrogen and oxygen atoms in total. The van der Waals surface area contributed by atoms with Gasteiger partial charge in [0.2, 0.25) is 17.7 Å². The molecule has 3 aromatic carbocycles. The third-order valence-electron chi connectivity index (χ3n) is 5.57. The minimum absolute atomic E-state index is 0.00425. The van der Waals surface area contributed by atoms with Gasteiger partial charge in [0.25, 0.3) is 0 Å². The van der Waals surface area contributed by atoms with Crippen molar-refractivity contribution in [3.63, 3.8) is 0 Å². The molecule has 0 fully saturated rings. The monoisotopic (exact) mass is 587 g/mol. The van der Waals surface area contributed by atoms with Gasteiger partial charge >= 0.3 is 0 Å². The molecule has 0 aliphatic heterocycles. The standard InChI is InChI=1S/C28H14ClF2N6O3S/c1-13(38)36-25-7-20(23(30)5-16(25)9-32)27-21(11-34)28(37(14(2)39)15(3)40)19(6-24(27)31)18-8-26(41-12-35)17(10-33)4-22(18)29/h4-5,7-8H,1-3H3,(H,36,38). The van der Waals surface area contributed by atoms with Crippen LogP contribution in [0, 0.1) is 62.4 Å². The molecule has 0 bridgehead atoms. The van der Waals surface area contributed by atoms with E-state index in [1.165, 1.54) is 12.1 Å². The number of nitriles is 4. The summed E-state index contributed by atoms with van der Waals surface area (Å²) in [6.45, 7) is 3.14. The lowest BCUT2D eigenvalue weighted by Crippen LogP contribution is -2.34. The summed E-state index contributed by atoms with van der Waals surface area (Å²) in [7, 11) is 0. The van der Waals surface area contributed by atoms with E-state index in [1.807, 2.05) is 6.07 Å². The van der Waals surface area contributed by atoms with E-state index in [1.54, 1.807) is 17.5 Å². The third-order valence-corrected chi connectivity index (χ3v) is 6.53. The molecular formula is C28H14ClF2N6O3S. The number of amides is 3. The van der Waals surface area contributed by atoms with Crippen LogP contribution < -0.4 is 10.2 Å². The van der Waals surface area contributed by atoms with Crippen LogP contribution in [0.4, 0.5) is 20.2 Å². The van der Waals surface area contributed by atoms with Gasteiger partial charge in [-0.1, -0.05) is 11.6 Å². The molecule has 3 aromatic rings. The Morgan fingerprint density at radius 2 is 1.56 bits per heavy atom. The summed E-state index contributed by atoms with van der Waals surface area (Å²) in [5.41, 5.74) is -3.39. The smallest absolute Gasteiger partial charge is 0.230 e. The number of carbonyl (C=O) groups is 3. The number of thiocyanates is 1. The Morgan fingerprint density at radius 3 is 2.07 bits per heavy atom. The van der Waals surface area contributed by atoms with Gasteiger partial charge in [-0.15, -0.1) is 0 Å². The highest BCUT2D eigenvalue weighted by molar-refractivity contribution is 8.03. The molecule has 0 aliphatic rings. The molecular weight excluding hydrogens is 574 g/mol. The molecule has 41 heavy (non-hydrogen) atoms. The third kappa shape index (κ3) is 5.85. The molecule has 1 radical (unpaired) electrons. The number of carbonyl (C=O) groups excluding carboxylic acids is 3. The highest BCUT2D eigenvalue weighted by atomic mass is 35.5. The summed E-state index contributed by atoms with van der Waals surface area (Å²) in [4.78, 5) is 37.6. The topological polar surface area (TPSA) is 162 Å². The zero-order valence-electron chi connectivity index (χ0n) is 21.3. The predicted molar refractivity (Wildman–Crippen MR) is 145 cm³/mol. The number of hydrogen-bond donors (Lipinski definition) is 1. The summed E-state index contributed by atoms with van der Waals surface area (Å²) in [5.74, 6) is -4.86. The molecule has 0 aromatic heterocycles. The van der Waals surface area contributed by atoms with Crippen LogP contribution in [0.2, 0.25) is 5.02 Å². The number of hydrogen-bond acceptors (Lipinski definition) is 8. The van der Waals surface area contributed by atoms with E-state index >= 15 is 8.78 Å². The number of anilines is 2. The van der Waals surface area contributed by atoms with E-state index in [-0.39, 0.29) is 37.9 Å². The van der Waals surface area contributed by atoms with E-state index in [4.69, 9.17) is 16.9 Å². The number of benzene rings is 3. The first-order valence-corrected chi connectivity index (χ1v) is 12.4. The molecule has 3 amide bonds. The van der Waals surface area contributed by atoms with Gasteiger partial charge in [-0.05, 0) is 36.0 Å². The van der Waals surface area contributed by atoms with Crippen molar-refractivity contribution in [1.29, 1.82) is 21.0 Å². The first-order chi connectivity index (χ1) is 19.4. The van der Waals surface area contributed by atoms with Crippen molar-refractivity contribution < 1.29 is 23.2 Å². The van der Waals surface area contributed by atoms with Crippen LogP contribution in [0.1, 0.15) is 37.5 Å². The first kappa shape index (κ1) is 30.3. The van der Waals surface area contributed by atoms with Crippen LogP contribution in [0.15, 0.2) is 29.2 Å². The zero-order valence-corrected chi connectivity index (χ0v) is 22.9. The Bertz CT molecular complexity index is 1820. The highest BCUT2D eigenvalue weighted by Gasteiger charge is 2.31. The Balaban J connectivity index is 2.58. The van der Waals surface area contributed by atoms with E-state index in [2.05, 4.69) is 11.4 Å². The number of halogens is 3. The lowest BCUT2D eigenvalue weighted by Gasteiger charge is -2.25. The molecule has 13 heteroatoms. The van der Waals surface area contributed by atoms with Crippen molar-refractivity contribution >= 4 is 52.5 Å². The normalized spacial score (nSPS) is 10.0. The van der Waals surface area contributed by atoms with Gasteiger partial charge in [-0.3, -0.25) is 14.4 Å². The van der Waals surface area contributed by atoms with Gasteiger partial charge in [0.05, 0.1) is 28.1 Å². The number of rotatable bonds is 5. The molecule has 3 rings (SSSR count).